The first-order valence-corrected chi connectivity index (χ1v) is 9.01. The number of nitrogens with one attached hydrogen (secondary N) is 1. The monoisotopic (exact) mass is 340 g/mol. The van der Waals surface area contributed by atoms with E-state index in [1.54, 1.807) is 0 Å². The molecule has 132 valence electrons. The molecule has 6 heteroatoms. The summed E-state index contributed by atoms with van der Waals surface area (Å²) in [6.07, 6.45) is 2.49. The van der Waals surface area contributed by atoms with Gasteiger partial charge in [-0.2, -0.15) is 4.98 Å². The molecule has 2 aliphatic rings. The zero-order valence-corrected chi connectivity index (χ0v) is 14.4. The van der Waals surface area contributed by atoms with Crippen LogP contribution in [0.4, 0.5) is 11.8 Å². The summed E-state index contributed by atoms with van der Waals surface area (Å²) in [7, 11) is 0. The van der Waals surface area contributed by atoms with Crippen molar-refractivity contribution in [3.63, 3.8) is 0 Å². The minimum atomic E-state index is 0.260. The van der Waals surface area contributed by atoms with Gasteiger partial charge in [0.05, 0.1) is 25.0 Å². The van der Waals surface area contributed by atoms with Crippen molar-refractivity contribution >= 4 is 11.8 Å². The van der Waals surface area contributed by atoms with Gasteiger partial charge < -0.3 is 19.7 Å². The number of morpholine rings is 1. The molecule has 1 atom stereocenters. The van der Waals surface area contributed by atoms with Crippen LogP contribution in [0.3, 0.4) is 0 Å². The van der Waals surface area contributed by atoms with Crippen LogP contribution in [-0.4, -0.2) is 55.5 Å². The average molecular weight is 340 g/mol. The molecule has 2 aliphatic heterocycles. The molecule has 0 bridgehead atoms. The van der Waals surface area contributed by atoms with Crippen LogP contribution in [0.2, 0.25) is 0 Å². The van der Waals surface area contributed by atoms with Crippen molar-refractivity contribution in [3.8, 4) is 11.3 Å². The normalized spacial score (nSPS) is 20.6. The van der Waals surface area contributed by atoms with E-state index in [1.165, 1.54) is 0 Å². The minimum absolute atomic E-state index is 0.260. The predicted molar refractivity (Wildman–Crippen MR) is 98.0 cm³/mol. The minimum Gasteiger partial charge on any atom is -0.378 e. The van der Waals surface area contributed by atoms with E-state index >= 15 is 0 Å². The van der Waals surface area contributed by atoms with E-state index in [0.29, 0.717) is 5.95 Å². The molecule has 0 amide bonds. The van der Waals surface area contributed by atoms with Crippen LogP contribution in [0.5, 0.6) is 0 Å². The molecular formula is C19H24N4O2. The molecule has 2 aromatic rings. The second kappa shape index (κ2) is 7.80. The highest BCUT2D eigenvalue weighted by Gasteiger charge is 2.18. The van der Waals surface area contributed by atoms with Gasteiger partial charge in [0.1, 0.15) is 5.82 Å². The van der Waals surface area contributed by atoms with Crippen LogP contribution >= 0.6 is 0 Å². The Morgan fingerprint density at radius 2 is 1.92 bits per heavy atom. The smallest absolute Gasteiger partial charge is 0.225 e. The fourth-order valence-electron chi connectivity index (χ4n) is 3.24. The van der Waals surface area contributed by atoms with Gasteiger partial charge in [0.15, 0.2) is 0 Å². The number of benzene rings is 1. The van der Waals surface area contributed by atoms with Crippen molar-refractivity contribution in [1.82, 2.24) is 9.97 Å². The molecule has 1 unspecified atom stereocenters. The van der Waals surface area contributed by atoms with E-state index in [2.05, 4.69) is 28.4 Å². The summed E-state index contributed by atoms with van der Waals surface area (Å²) in [6, 6.07) is 12.3. The Labute approximate surface area is 148 Å². The molecule has 3 heterocycles. The molecule has 0 spiro atoms. The lowest BCUT2D eigenvalue weighted by Gasteiger charge is -2.28. The molecule has 0 saturated carbocycles. The summed E-state index contributed by atoms with van der Waals surface area (Å²) < 4.78 is 11.2. The molecule has 4 rings (SSSR count). The van der Waals surface area contributed by atoms with Crippen molar-refractivity contribution in [3.05, 3.63) is 36.4 Å². The summed E-state index contributed by atoms with van der Waals surface area (Å²) in [4.78, 5) is 11.7. The van der Waals surface area contributed by atoms with Crippen molar-refractivity contribution in [2.24, 2.45) is 0 Å². The van der Waals surface area contributed by atoms with Gasteiger partial charge in [-0.15, -0.1) is 0 Å². The van der Waals surface area contributed by atoms with Gasteiger partial charge in [0.2, 0.25) is 5.95 Å². The van der Waals surface area contributed by atoms with Gasteiger partial charge in [0.25, 0.3) is 0 Å². The van der Waals surface area contributed by atoms with Gasteiger partial charge in [-0.05, 0) is 12.8 Å². The third-order valence-corrected chi connectivity index (χ3v) is 4.63. The second-order valence-electron chi connectivity index (χ2n) is 6.42. The molecule has 6 nitrogen and oxygen atoms in total. The number of nitrogens with zero attached hydrogens (tertiary/aromatic N) is 3. The molecule has 1 N–H and O–H groups in total. The number of ether oxygens (including phenoxy) is 2. The highest BCUT2D eigenvalue weighted by Crippen LogP contribution is 2.24. The Balaban J connectivity index is 1.59. The van der Waals surface area contributed by atoms with Crippen LogP contribution in [0, 0.1) is 0 Å². The van der Waals surface area contributed by atoms with E-state index in [4.69, 9.17) is 19.4 Å². The quantitative estimate of drug-likeness (QED) is 0.903. The zero-order valence-electron chi connectivity index (χ0n) is 14.4. The van der Waals surface area contributed by atoms with Crippen LogP contribution in [0.25, 0.3) is 11.3 Å². The first-order valence-electron chi connectivity index (χ1n) is 9.01. The summed E-state index contributed by atoms with van der Waals surface area (Å²) in [5.74, 6) is 1.62. The van der Waals surface area contributed by atoms with Gasteiger partial charge >= 0.3 is 0 Å². The fraction of sp³-hybridized carbons (Fsp3) is 0.474. The third-order valence-electron chi connectivity index (χ3n) is 4.63. The lowest BCUT2D eigenvalue weighted by atomic mass is 10.1. The first-order chi connectivity index (χ1) is 12.4. The number of rotatable bonds is 5. The second-order valence-corrected chi connectivity index (χ2v) is 6.42. The molecule has 2 fully saturated rings. The third kappa shape index (κ3) is 4.08. The number of hydrogen-bond acceptors (Lipinski definition) is 6. The highest BCUT2D eigenvalue weighted by molar-refractivity contribution is 5.64. The van der Waals surface area contributed by atoms with Gasteiger partial charge in [0, 0.05) is 37.9 Å². The maximum Gasteiger partial charge on any atom is 0.225 e. The maximum absolute atomic E-state index is 5.69. The predicted octanol–water partition coefficient (Wildman–Crippen LogP) is 2.57. The SMILES string of the molecule is c1ccc(-c2cc(N3CCOCC3)nc(NCC3CCCO3)n2)cc1. The van der Waals surface area contributed by atoms with Crippen LogP contribution < -0.4 is 10.2 Å². The summed E-state index contributed by atoms with van der Waals surface area (Å²) in [6.45, 7) is 4.80. The van der Waals surface area contributed by atoms with Crippen LogP contribution in [0.1, 0.15) is 12.8 Å². The lowest BCUT2D eigenvalue weighted by Crippen LogP contribution is -2.37. The fourth-order valence-corrected chi connectivity index (χ4v) is 3.24. The Bertz CT molecular complexity index is 683. The van der Waals surface area contributed by atoms with E-state index in [0.717, 1.165) is 69.4 Å². The Kier molecular flexibility index (Phi) is 5.09. The maximum atomic E-state index is 5.69. The number of aromatic nitrogens is 2. The van der Waals surface area contributed by atoms with Crippen molar-refractivity contribution in [2.75, 3.05) is 49.7 Å². The molecule has 2 saturated heterocycles. The molecule has 1 aromatic heterocycles. The molecule has 0 aliphatic carbocycles. The Morgan fingerprint density at radius 1 is 1.08 bits per heavy atom. The van der Waals surface area contributed by atoms with Crippen molar-refractivity contribution < 1.29 is 9.47 Å². The van der Waals surface area contributed by atoms with E-state index in [-0.39, 0.29) is 6.10 Å². The largest absolute Gasteiger partial charge is 0.378 e. The number of hydrogen-bond donors (Lipinski definition) is 1. The van der Waals surface area contributed by atoms with E-state index in [1.807, 2.05) is 18.2 Å². The zero-order chi connectivity index (χ0) is 16.9. The Morgan fingerprint density at radius 3 is 2.68 bits per heavy atom. The van der Waals surface area contributed by atoms with Gasteiger partial charge in [-0.1, -0.05) is 30.3 Å². The van der Waals surface area contributed by atoms with E-state index in [9.17, 15) is 0 Å². The van der Waals surface area contributed by atoms with Gasteiger partial charge in [-0.25, -0.2) is 4.98 Å². The molecule has 25 heavy (non-hydrogen) atoms. The Hall–Kier alpha value is -2.18. The highest BCUT2D eigenvalue weighted by atomic mass is 16.5. The summed E-state index contributed by atoms with van der Waals surface area (Å²) in [5, 5.41) is 3.37. The average Bonchev–Trinajstić information content (AvgIpc) is 3.21. The standard InChI is InChI=1S/C19H24N4O2/c1-2-5-15(6-3-1)17-13-18(23-8-11-24-12-9-23)22-19(21-17)20-14-16-7-4-10-25-16/h1-3,5-6,13,16H,4,7-12,14H2,(H,20,21,22). The van der Waals surface area contributed by atoms with Crippen LogP contribution in [-0.2, 0) is 9.47 Å². The van der Waals surface area contributed by atoms with Crippen LogP contribution in [0.15, 0.2) is 36.4 Å². The molecular weight excluding hydrogens is 316 g/mol. The molecule has 1 aromatic carbocycles. The topological polar surface area (TPSA) is 59.5 Å². The van der Waals surface area contributed by atoms with Gasteiger partial charge in [-0.3, -0.25) is 0 Å². The number of anilines is 2. The van der Waals surface area contributed by atoms with Crippen molar-refractivity contribution in [1.29, 1.82) is 0 Å². The summed E-state index contributed by atoms with van der Waals surface area (Å²) >= 11 is 0. The lowest BCUT2D eigenvalue weighted by molar-refractivity contribution is 0.120. The summed E-state index contributed by atoms with van der Waals surface area (Å²) in [5.41, 5.74) is 2.03. The first kappa shape index (κ1) is 16.3. The van der Waals surface area contributed by atoms with Crippen molar-refractivity contribution in [2.45, 2.75) is 18.9 Å². The van der Waals surface area contributed by atoms with E-state index < -0.39 is 0 Å². The molecule has 0 radical (unpaired) electrons.